The average molecular weight is 421 g/mol. The molecular weight excluding hydrogens is 393 g/mol. The second kappa shape index (κ2) is 9.90. The monoisotopic (exact) mass is 421 g/mol. The van der Waals surface area contributed by atoms with Gasteiger partial charge in [-0.05, 0) is 48.9 Å². The largest absolute Gasteiger partial charge is 0.497 e. The van der Waals surface area contributed by atoms with Crippen molar-refractivity contribution in [3.63, 3.8) is 0 Å². The molecule has 4 nitrogen and oxygen atoms in total. The van der Waals surface area contributed by atoms with E-state index in [1.54, 1.807) is 7.11 Å². The van der Waals surface area contributed by atoms with Gasteiger partial charge in [0, 0.05) is 22.6 Å². The zero-order valence-electron chi connectivity index (χ0n) is 17.4. The molecule has 0 amide bonds. The number of methoxy groups -OCH3 is 1. The first-order chi connectivity index (χ1) is 14.5. The lowest BCUT2D eigenvalue weighted by Crippen LogP contribution is -2.35. The number of benzene rings is 3. The normalized spacial score (nSPS) is 13.4. The van der Waals surface area contributed by atoms with Crippen molar-refractivity contribution >= 4 is 17.9 Å². The molecule has 0 aliphatic heterocycles. The molecule has 0 aromatic heterocycles. The highest BCUT2D eigenvalue weighted by Gasteiger charge is 2.34. The van der Waals surface area contributed by atoms with Gasteiger partial charge in [0.2, 0.25) is 7.29 Å². The molecule has 0 bridgehead atoms. The van der Waals surface area contributed by atoms with Gasteiger partial charge in [0.25, 0.3) is 0 Å². The zero-order chi connectivity index (χ0) is 21.6. The van der Waals surface area contributed by atoms with Crippen LogP contribution in [0.5, 0.6) is 5.75 Å². The maximum absolute atomic E-state index is 14.5. The van der Waals surface area contributed by atoms with E-state index in [2.05, 4.69) is 11.7 Å². The Kier molecular flexibility index (Phi) is 7.28. The molecule has 0 saturated carbocycles. The van der Waals surface area contributed by atoms with Crippen LogP contribution in [0.25, 0.3) is 0 Å². The van der Waals surface area contributed by atoms with Crippen LogP contribution in [0, 0.1) is 5.92 Å². The Hall–Kier alpha value is -2.65. The number of aliphatic hydroxyl groups excluding tert-OH is 1. The fraction of sp³-hybridized carbons (Fsp3) is 0.200. The van der Waals surface area contributed by atoms with Crippen molar-refractivity contribution < 1.29 is 14.4 Å². The first-order valence-electron chi connectivity index (χ1n) is 9.89. The van der Waals surface area contributed by atoms with Crippen molar-refractivity contribution in [1.29, 1.82) is 0 Å². The van der Waals surface area contributed by atoms with E-state index in [1.807, 2.05) is 91.9 Å². The number of ether oxygens (including phenoxy) is 1. The predicted molar refractivity (Wildman–Crippen MR) is 124 cm³/mol. The first kappa shape index (κ1) is 22.0. The van der Waals surface area contributed by atoms with E-state index in [-0.39, 0.29) is 12.5 Å². The fourth-order valence-electron chi connectivity index (χ4n) is 3.55. The molecule has 2 N–H and O–H groups in total. The summed E-state index contributed by atoms with van der Waals surface area (Å²) in [5.74, 6) is 0.379. The lowest BCUT2D eigenvalue weighted by molar-refractivity contribution is 0.222. The van der Waals surface area contributed by atoms with Crippen molar-refractivity contribution in [1.82, 2.24) is 5.09 Å². The Balaban J connectivity index is 2.16. The van der Waals surface area contributed by atoms with E-state index in [9.17, 15) is 9.67 Å². The number of aliphatic hydroxyl groups is 1. The van der Waals surface area contributed by atoms with Crippen LogP contribution in [-0.2, 0) is 4.57 Å². The number of hydrogen-bond acceptors (Lipinski definition) is 3. The minimum absolute atomic E-state index is 0.117. The van der Waals surface area contributed by atoms with Gasteiger partial charge in [0.15, 0.2) is 0 Å². The molecule has 0 fully saturated rings. The first-order valence-corrected chi connectivity index (χ1v) is 11.6. The van der Waals surface area contributed by atoms with Gasteiger partial charge in [-0.2, -0.15) is 0 Å². The molecule has 0 radical (unpaired) electrons. The van der Waals surface area contributed by atoms with Crippen LogP contribution >= 0.6 is 7.29 Å². The molecule has 0 heterocycles. The topological polar surface area (TPSA) is 58.6 Å². The molecule has 0 saturated heterocycles. The van der Waals surface area contributed by atoms with Crippen LogP contribution in [0.2, 0.25) is 0 Å². The van der Waals surface area contributed by atoms with E-state index in [1.165, 1.54) is 0 Å². The zero-order valence-corrected chi connectivity index (χ0v) is 18.3. The third-order valence-electron chi connectivity index (χ3n) is 5.25. The number of rotatable bonds is 9. The molecule has 3 aromatic carbocycles. The molecule has 2 atom stereocenters. The van der Waals surface area contributed by atoms with Crippen molar-refractivity contribution in [3.8, 4) is 5.75 Å². The molecular formula is C25H28NO3P. The summed E-state index contributed by atoms with van der Waals surface area (Å²) in [4.78, 5) is 0. The Morgan fingerprint density at radius 1 is 1.00 bits per heavy atom. The summed E-state index contributed by atoms with van der Waals surface area (Å²) < 4.78 is 19.9. The Labute approximate surface area is 178 Å². The van der Waals surface area contributed by atoms with Crippen LogP contribution in [0.3, 0.4) is 0 Å². The predicted octanol–water partition coefficient (Wildman–Crippen LogP) is 4.44. The van der Waals surface area contributed by atoms with Crippen LogP contribution in [-0.4, -0.2) is 18.8 Å². The summed E-state index contributed by atoms with van der Waals surface area (Å²) in [6.07, 6.45) is 0. The van der Waals surface area contributed by atoms with Crippen LogP contribution in [0.15, 0.2) is 97.1 Å². The third-order valence-corrected chi connectivity index (χ3v) is 7.94. The highest BCUT2D eigenvalue weighted by Crippen LogP contribution is 2.44. The standard InChI is InChI=1S/C25H28NO3P/c1-19(2)24(18-27)25(20-11-10-12-21(17-20)29-3)26-30(28,22-13-6-4-7-14-22)23-15-8-5-9-16-23/h4-17,24-25,27H,1,18H2,2-3H3,(H,26,28). The van der Waals surface area contributed by atoms with E-state index in [0.29, 0.717) is 16.4 Å². The minimum Gasteiger partial charge on any atom is -0.497 e. The van der Waals surface area contributed by atoms with Gasteiger partial charge in [-0.15, -0.1) is 0 Å². The smallest absolute Gasteiger partial charge is 0.205 e. The van der Waals surface area contributed by atoms with E-state index in [0.717, 1.165) is 11.1 Å². The van der Waals surface area contributed by atoms with Gasteiger partial charge in [-0.3, -0.25) is 9.65 Å². The molecule has 30 heavy (non-hydrogen) atoms. The molecule has 156 valence electrons. The van der Waals surface area contributed by atoms with Gasteiger partial charge in [-0.25, -0.2) is 0 Å². The Morgan fingerprint density at radius 3 is 2.03 bits per heavy atom. The Morgan fingerprint density at radius 2 is 1.57 bits per heavy atom. The number of nitrogens with one attached hydrogen (secondary N) is 1. The summed E-state index contributed by atoms with van der Waals surface area (Å²) in [5, 5.41) is 15.0. The van der Waals surface area contributed by atoms with Gasteiger partial charge in [-0.1, -0.05) is 60.7 Å². The number of hydrogen-bond donors (Lipinski definition) is 2. The molecule has 5 heteroatoms. The highest BCUT2D eigenvalue weighted by molar-refractivity contribution is 7.76. The summed E-state index contributed by atoms with van der Waals surface area (Å²) >= 11 is 0. The third kappa shape index (κ3) is 4.73. The van der Waals surface area contributed by atoms with E-state index >= 15 is 0 Å². The van der Waals surface area contributed by atoms with Crippen LogP contribution in [0.1, 0.15) is 18.5 Å². The summed E-state index contributed by atoms with van der Waals surface area (Å²) in [5.41, 5.74) is 1.69. The summed E-state index contributed by atoms with van der Waals surface area (Å²) in [6.45, 7) is 5.83. The molecule has 0 aliphatic carbocycles. The summed E-state index contributed by atoms with van der Waals surface area (Å²) in [6, 6.07) is 26.0. The van der Waals surface area contributed by atoms with Gasteiger partial charge < -0.3 is 9.84 Å². The van der Waals surface area contributed by atoms with Gasteiger partial charge >= 0.3 is 0 Å². The Bertz CT molecular complexity index is 977. The fourth-order valence-corrected chi connectivity index (χ4v) is 6.05. The summed E-state index contributed by atoms with van der Waals surface area (Å²) in [7, 11) is -1.61. The molecule has 0 aliphatic rings. The van der Waals surface area contributed by atoms with Gasteiger partial charge in [0.05, 0.1) is 13.7 Å². The quantitative estimate of drug-likeness (QED) is 0.396. The second-order valence-electron chi connectivity index (χ2n) is 7.30. The second-order valence-corrected chi connectivity index (χ2v) is 9.81. The molecule has 2 unspecified atom stereocenters. The van der Waals surface area contributed by atoms with Crippen molar-refractivity contribution in [3.05, 3.63) is 103 Å². The maximum Gasteiger partial charge on any atom is 0.205 e. The van der Waals surface area contributed by atoms with Crippen LogP contribution in [0.4, 0.5) is 0 Å². The molecule has 3 rings (SSSR count). The highest BCUT2D eigenvalue weighted by atomic mass is 31.2. The molecule has 0 spiro atoms. The van der Waals surface area contributed by atoms with Crippen molar-refractivity contribution in [2.24, 2.45) is 5.92 Å². The SMILES string of the molecule is C=C(C)C(CO)C(NP(=O)(c1ccccc1)c1ccccc1)c1cccc(OC)c1. The van der Waals surface area contributed by atoms with Crippen molar-refractivity contribution in [2.45, 2.75) is 13.0 Å². The lowest BCUT2D eigenvalue weighted by atomic mass is 9.89. The maximum atomic E-state index is 14.5. The average Bonchev–Trinajstić information content (AvgIpc) is 2.79. The van der Waals surface area contributed by atoms with Crippen molar-refractivity contribution in [2.75, 3.05) is 13.7 Å². The molecule has 3 aromatic rings. The van der Waals surface area contributed by atoms with E-state index < -0.39 is 13.3 Å². The van der Waals surface area contributed by atoms with Crippen LogP contribution < -0.4 is 20.4 Å². The minimum atomic E-state index is -3.22. The lowest BCUT2D eigenvalue weighted by Gasteiger charge is -2.32. The van der Waals surface area contributed by atoms with Gasteiger partial charge in [0.1, 0.15) is 5.75 Å². The van der Waals surface area contributed by atoms with E-state index in [4.69, 9.17) is 4.74 Å².